The number of ether oxygens (including phenoxy) is 1. The fourth-order valence-corrected chi connectivity index (χ4v) is 1.82. The van der Waals surface area contributed by atoms with Gasteiger partial charge in [0.05, 0.1) is 24.9 Å². The predicted molar refractivity (Wildman–Crippen MR) is 77.6 cm³/mol. The number of rotatable bonds is 4. The molecule has 104 valence electrons. The molecule has 0 unspecified atom stereocenters. The first-order valence-corrected chi connectivity index (χ1v) is 6.24. The van der Waals surface area contributed by atoms with Gasteiger partial charge in [0.2, 0.25) is 0 Å². The van der Waals surface area contributed by atoms with Crippen LogP contribution in [0.3, 0.4) is 0 Å². The number of hydrogen-bond donors (Lipinski definition) is 2. The zero-order valence-corrected chi connectivity index (χ0v) is 11.5. The standard InChI is InChI=1S/C15H17N3O2/c1-10-4-3-7-17-14(10)9-18-15(19)12-8-11(20-2)5-6-13(12)16/h3-8H,9,16H2,1-2H3,(H,18,19). The van der Waals surface area contributed by atoms with Crippen LogP contribution < -0.4 is 15.8 Å². The van der Waals surface area contributed by atoms with Crippen LogP contribution in [0.2, 0.25) is 0 Å². The molecule has 2 aromatic rings. The smallest absolute Gasteiger partial charge is 0.253 e. The van der Waals surface area contributed by atoms with Crippen molar-refractivity contribution < 1.29 is 9.53 Å². The number of anilines is 1. The van der Waals surface area contributed by atoms with E-state index in [1.54, 1.807) is 31.5 Å². The predicted octanol–water partition coefficient (Wildman–Crippen LogP) is 1.91. The van der Waals surface area contributed by atoms with Gasteiger partial charge < -0.3 is 15.8 Å². The van der Waals surface area contributed by atoms with Crippen molar-refractivity contribution in [2.24, 2.45) is 0 Å². The van der Waals surface area contributed by atoms with E-state index in [2.05, 4.69) is 10.3 Å². The third-order valence-corrected chi connectivity index (χ3v) is 3.04. The number of methoxy groups -OCH3 is 1. The average molecular weight is 271 g/mol. The number of pyridine rings is 1. The molecule has 1 aromatic carbocycles. The number of nitrogen functional groups attached to an aromatic ring is 1. The Morgan fingerprint density at radius 3 is 2.90 bits per heavy atom. The summed E-state index contributed by atoms with van der Waals surface area (Å²) >= 11 is 0. The van der Waals surface area contributed by atoms with Crippen molar-refractivity contribution >= 4 is 11.6 Å². The lowest BCUT2D eigenvalue weighted by atomic mass is 10.1. The fourth-order valence-electron chi connectivity index (χ4n) is 1.82. The first-order chi connectivity index (χ1) is 9.61. The molecule has 5 nitrogen and oxygen atoms in total. The summed E-state index contributed by atoms with van der Waals surface area (Å²) in [6.45, 7) is 2.32. The molecule has 1 aromatic heterocycles. The van der Waals surface area contributed by atoms with E-state index >= 15 is 0 Å². The number of hydrogen-bond acceptors (Lipinski definition) is 4. The van der Waals surface area contributed by atoms with E-state index in [-0.39, 0.29) is 5.91 Å². The van der Waals surface area contributed by atoms with E-state index in [9.17, 15) is 4.79 Å². The molecule has 0 aliphatic heterocycles. The van der Waals surface area contributed by atoms with Gasteiger partial charge in [-0.1, -0.05) is 6.07 Å². The summed E-state index contributed by atoms with van der Waals surface area (Å²) < 4.78 is 5.09. The maximum absolute atomic E-state index is 12.1. The van der Waals surface area contributed by atoms with Crippen molar-refractivity contribution in [2.45, 2.75) is 13.5 Å². The summed E-state index contributed by atoms with van der Waals surface area (Å²) in [5.41, 5.74) is 8.50. The van der Waals surface area contributed by atoms with Crippen molar-refractivity contribution in [1.82, 2.24) is 10.3 Å². The van der Waals surface area contributed by atoms with Crippen LogP contribution in [0.1, 0.15) is 21.6 Å². The summed E-state index contributed by atoms with van der Waals surface area (Å²) in [6.07, 6.45) is 1.70. The number of benzene rings is 1. The van der Waals surface area contributed by atoms with E-state index in [1.165, 1.54) is 0 Å². The van der Waals surface area contributed by atoms with Gasteiger partial charge in [0.25, 0.3) is 5.91 Å². The molecule has 0 bridgehead atoms. The minimum atomic E-state index is -0.244. The van der Waals surface area contributed by atoms with Gasteiger partial charge in [0, 0.05) is 11.9 Å². The summed E-state index contributed by atoms with van der Waals surface area (Å²) in [7, 11) is 1.55. The maximum atomic E-state index is 12.1. The third kappa shape index (κ3) is 3.06. The Bertz CT molecular complexity index is 626. The normalized spacial score (nSPS) is 10.1. The molecule has 2 rings (SSSR count). The van der Waals surface area contributed by atoms with E-state index in [0.29, 0.717) is 23.5 Å². The van der Waals surface area contributed by atoms with Crippen molar-refractivity contribution in [3.8, 4) is 5.75 Å². The van der Waals surface area contributed by atoms with Gasteiger partial charge in [0.1, 0.15) is 5.75 Å². The highest BCUT2D eigenvalue weighted by Crippen LogP contribution is 2.19. The highest BCUT2D eigenvalue weighted by atomic mass is 16.5. The van der Waals surface area contributed by atoms with E-state index in [1.807, 2.05) is 19.1 Å². The monoisotopic (exact) mass is 271 g/mol. The average Bonchev–Trinajstić information content (AvgIpc) is 2.46. The number of carbonyl (C=O) groups excluding carboxylic acids is 1. The van der Waals surface area contributed by atoms with Gasteiger partial charge >= 0.3 is 0 Å². The first kappa shape index (κ1) is 13.9. The minimum Gasteiger partial charge on any atom is -0.497 e. The highest BCUT2D eigenvalue weighted by molar-refractivity contribution is 5.99. The third-order valence-electron chi connectivity index (χ3n) is 3.04. The summed E-state index contributed by atoms with van der Waals surface area (Å²) in [6, 6.07) is 8.81. The maximum Gasteiger partial charge on any atom is 0.253 e. The van der Waals surface area contributed by atoms with Crippen molar-refractivity contribution in [3.05, 3.63) is 53.3 Å². The Labute approximate surface area is 117 Å². The molecule has 0 saturated carbocycles. The quantitative estimate of drug-likeness (QED) is 0.833. The molecule has 0 saturated heterocycles. The second-order valence-electron chi connectivity index (χ2n) is 4.40. The van der Waals surface area contributed by atoms with Crippen LogP contribution in [0.25, 0.3) is 0 Å². The molecule has 20 heavy (non-hydrogen) atoms. The van der Waals surface area contributed by atoms with Crippen molar-refractivity contribution in [2.75, 3.05) is 12.8 Å². The van der Waals surface area contributed by atoms with Crippen LogP contribution >= 0.6 is 0 Å². The van der Waals surface area contributed by atoms with Gasteiger partial charge in [0.15, 0.2) is 0 Å². The number of aryl methyl sites for hydroxylation is 1. The van der Waals surface area contributed by atoms with E-state index in [4.69, 9.17) is 10.5 Å². The van der Waals surface area contributed by atoms with Gasteiger partial charge in [-0.05, 0) is 36.8 Å². The van der Waals surface area contributed by atoms with Crippen LogP contribution in [0.4, 0.5) is 5.69 Å². The van der Waals surface area contributed by atoms with Gasteiger partial charge in [-0.3, -0.25) is 9.78 Å². The Balaban J connectivity index is 2.11. The van der Waals surface area contributed by atoms with Crippen LogP contribution in [0.5, 0.6) is 5.75 Å². The molecule has 3 N–H and O–H groups in total. The zero-order valence-electron chi connectivity index (χ0n) is 11.5. The lowest BCUT2D eigenvalue weighted by molar-refractivity contribution is 0.0951. The number of aromatic nitrogens is 1. The lowest BCUT2D eigenvalue weighted by Crippen LogP contribution is -2.24. The van der Waals surface area contributed by atoms with Crippen LogP contribution in [-0.4, -0.2) is 18.0 Å². The minimum absolute atomic E-state index is 0.244. The molecule has 0 atom stereocenters. The highest BCUT2D eigenvalue weighted by Gasteiger charge is 2.11. The molecular formula is C15H17N3O2. The zero-order chi connectivity index (χ0) is 14.5. The number of carbonyl (C=O) groups is 1. The Morgan fingerprint density at radius 2 is 2.20 bits per heavy atom. The van der Waals surface area contributed by atoms with Crippen LogP contribution in [0, 0.1) is 6.92 Å². The molecule has 0 radical (unpaired) electrons. The largest absolute Gasteiger partial charge is 0.497 e. The first-order valence-electron chi connectivity index (χ1n) is 6.24. The SMILES string of the molecule is COc1ccc(N)c(C(=O)NCc2ncccc2C)c1. The van der Waals surface area contributed by atoms with Gasteiger partial charge in [-0.2, -0.15) is 0 Å². The Morgan fingerprint density at radius 1 is 1.40 bits per heavy atom. The van der Waals surface area contributed by atoms with Crippen molar-refractivity contribution in [1.29, 1.82) is 0 Å². The number of nitrogens with zero attached hydrogens (tertiary/aromatic N) is 1. The fraction of sp³-hybridized carbons (Fsp3) is 0.200. The molecule has 0 aliphatic carbocycles. The Kier molecular flexibility index (Phi) is 4.20. The second-order valence-corrected chi connectivity index (χ2v) is 4.40. The van der Waals surface area contributed by atoms with E-state index in [0.717, 1.165) is 11.3 Å². The molecular weight excluding hydrogens is 254 g/mol. The van der Waals surface area contributed by atoms with Crippen LogP contribution in [0.15, 0.2) is 36.5 Å². The Hall–Kier alpha value is -2.56. The molecule has 0 aliphatic rings. The van der Waals surface area contributed by atoms with Gasteiger partial charge in [-0.15, -0.1) is 0 Å². The molecule has 0 spiro atoms. The molecule has 0 fully saturated rings. The van der Waals surface area contributed by atoms with Crippen molar-refractivity contribution in [3.63, 3.8) is 0 Å². The van der Waals surface area contributed by atoms with E-state index < -0.39 is 0 Å². The molecule has 5 heteroatoms. The van der Waals surface area contributed by atoms with Gasteiger partial charge in [-0.25, -0.2) is 0 Å². The second kappa shape index (κ2) is 6.06. The summed E-state index contributed by atoms with van der Waals surface area (Å²) in [4.78, 5) is 16.4. The number of amides is 1. The summed E-state index contributed by atoms with van der Waals surface area (Å²) in [5, 5.41) is 2.81. The molecule has 1 amide bonds. The summed E-state index contributed by atoms with van der Waals surface area (Å²) in [5.74, 6) is 0.352. The topological polar surface area (TPSA) is 77.2 Å². The number of nitrogens with two attached hydrogens (primary N) is 1. The number of nitrogens with one attached hydrogen (secondary N) is 1. The van der Waals surface area contributed by atoms with Crippen LogP contribution in [-0.2, 0) is 6.54 Å². The molecule has 1 heterocycles. The lowest BCUT2D eigenvalue weighted by Gasteiger charge is -2.10.